The van der Waals surface area contributed by atoms with Gasteiger partial charge < -0.3 is 9.47 Å². The number of benzene rings is 1. The fraction of sp³-hybridized carbons (Fsp3) is 0.316. The van der Waals surface area contributed by atoms with Crippen LogP contribution in [0.4, 0.5) is 0 Å². The van der Waals surface area contributed by atoms with Crippen LogP contribution in [-0.2, 0) is 17.8 Å². The van der Waals surface area contributed by atoms with Gasteiger partial charge in [0.05, 0.1) is 25.5 Å². The molecule has 142 valence electrons. The Morgan fingerprint density at radius 3 is 2.85 bits per heavy atom. The van der Waals surface area contributed by atoms with Crippen LogP contribution in [0.5, 0.6) is 11.5 Å². The Balaban J connectivity index is 1.76. The molecule has 3 rings (SSSR count). The van der Waals surface area contributed by atoms with Gasteiger partial charge in [0.2, 0.25) is 5.91 Å². The number of thiocarbonyl (C=S) groups is 1. The molecule has 0 aliphatic carbocycles. The van der Waals surface area contributed by atoms with Crippen LogP contribution in [0.1, 0.15) is 18.1 Å². The van der Waals surface area contributed by atoms with Crippen LogP contribution in [-0.4, -0.2) is 39.1 Å². The third kappa shape index (κ3) is 4.62. The Morgan fingerprint density at radius 1 is 1.37 bits per heavy atom. The lowest BCUT2D eigenvalue weighted by Gasteiger charge is -2.16. The summed E-state index contributed by atoms with van der Waals surface area (Å²) in [5, 5.41) is -0.256. The van der Waals surface area contributed by atoms with Crippen molar-refractivity contribution in [2.45, 2.75) is 25.1 Å². The minimum atomic E-state index is -0.256. The van der Waals surface area contributed by atoms with Gasteiger partial charge in [0.25, 0.3) is 0 Å². The number of hydrogen-bond acceptors (Lipinski definition) is 6. The molecule has 1 aliphatic heterocycles. The molecule has 0 bridgehead atoms. The second-order valence-electron chi connectivity index (χ2n) is 5.89. The molecule has 0 saturated carbocycles. The second-order valence-corrected chi connectivity index (χ2v) is 8.58. The Hall–Kier alpha value is -1.64. The van der Waals surface area contributed by atoms with Gasteiger partial charge in [-0.25, -0.2) is 0 Å². The number of halogens is 1. The average molecular weight is 467 g/mol. The first-order chi connectivity index (χ1) is 13.0. The van der Waals surface area contributed by atoms with Crippen molar-refractivity contribution >= 4 is 50.1 Å². The van der Waals surface area contributed by atoms with Gasteiger partial charge in [0.15, 0.2) is 11.5 Å². The molecule has 0 spiro atoms. The van der Waals surface area contributed by atoms with Crippen molar-refractivity contribution in [2.75, 3.05) is 13.7 Å². The molecule has 5 nitrogen and oxygen atoms in total. The molecule has 0 unspecified atom stereocenters. The normalized spacial score (nSPS) is 16.7. The number of rotatable bonds is 7. The van der Waals surface area contributed by atoms with E-state index in [1.807, 2.05) is 31.2 Å². The summed E-state index contributed by atoms with van der Waals surface area (Å²) in [6, 6.07) is 7.59. The topological polar surface area (TPSA) is 51.7 Å². The number of nitrogens with zero attached hydrogens (tertiary/aromatic N) is 2. The largest absolute Gasteiger partial charge is 0.493 e. The van der Waals surface area contributed by atoms with Gasteiger partial charge in [0.1, 0.15) is 4.32 Å². The first kappa shape index (κ1) is 20.1. The van der Waals surface area contributed by atoms with E-state index in [0.29, 0.717) is 35.4 Å². The van der Waals surface area contributed by atoms with Gasteiger partial charge in [-0.05, 0) is 42.7 Å². The summed E-state index contributed by atoms with van der Waals surface area (Å²) in [5.74, 6) is 1.35. The number of pyridine rings is 1. The van der Waals surface area contributed by atoms with Gasteiger partial charge in [-0.2, -0.15) is 0 Å². The smallest absolute Gasteiger partial charge is 0.242 e. The van der Waals surface area contributed by atoms with E-state index in [9.17, 15) is 4.79 Å². The van der Waals surface area contributed by atoms with Crippen molar-refractivity contribution in [3.05, 3.63) is 52.3 Å². The highest BCUT2D eigenvalue weighted by atomic mass is 79.9. The third-order valence-corrected chi connectivity index (χ3v) is 6.43. The highest BCUT2D eigenvalue weighted by Crippen LogP contribution is 2.37. The molecule has 2 heterocycles. The van der Waals surface area contributed by atoms with E-state index in [1.165, 1.54) is 11.8 Å². The predicted molar refractivity (Wildman–Crippen MR) is 114 cm³/mol. The number of hydrogen-bond donors (Lipinski definition) is 0. The summed E-state index contributed by atoms with van der Waals surface area (Å²) in [6.07, 6.45) is 4.01. The summed E-state index contributed by atoms with van der Waals surface area (Å²) in [5.41, 5.74) is 1.94. The molecule has 27 heavy (non-hydrogen) atoms. The van der Waals surface area contributed by atoms with Gasteiger partial charge in [0, 0.05) is 16.9 Å². The molecule has 0 N–H and O–H groups in total. The summed E-state index contributed by atoms with van der Waals surface area (Å²) >= 11 is 10.4. The van der Waals surface area contributed by atoms with E-state index in [2.05, 4.69) is 20.9 Å². The van der Waals surface area contributed by atoms with Crippen molar-refractivity contribution in [1.82, 2.24) is 9.88 Å². The summed E-state index contributed by atoms with van der Waals surface area (Å²) < 4.78 is 12.5. The fourth-order valence-electron chi connectivity index (χ4n) is 2.81. The van der Waals surface area contributed by atoms with Crippen molar-refractivity contribution in [2.24, 2.45) is 0 Å². The first-order valence-corrected chi connectivity index (χ1v) is 10.5. The molecule has 8 heteroatoms. The number of aromatic nitrogens is 1. The maximum absolute atomic E-state index is 12.9. The van der Waals surface area contributed by atoms with Crippen LogP contribution < -0.4 is 9.47 Å². The Kier molecular flexibility index (Phi) is 6.73. The molecular formula is C19H19BrN2O3S2. The molecule has 0 radical (unpaired) electrons. The summed E-state index contributed by atoms with van der Waals surface area (Å²) in [6.45, 7) is 2.92. The monoisotopic (exact) mass is 466 g/mol. The lowest BCUT2D eigenvalue weighted by atomic mass is 10.1. The van der Waals surface area contributed by atoms with E-state index >= 15 is 0 Å². The van der Waals surface area contributed by atoms with Gasteiger partial charge in [-0.3, -0.25) is 14.7 Å². The number of carbonyl (C=O) groups is 1. The molecule has 1 saturated heterocycles. The highest BCUT2D eigenvalue weighted by molar-refractivity contribution is 9.10. The van der Waals surface area contributed by atoms with Crippen LogP contribution in [0.2, 0.25) is 0 Å². The van der Waals surface area contributed by atoms with Crippen LogP contribution in [0, 0.1) is 0 Å². The lowest BCUT2D eigenvalue weighted by molar-refractivity contribution is -0.126. The zero-order valence-electron chi connectivity index (χ0n) is 15.0. The quantitative estimate of drug-likeness (QED) is 0.569. The van der Waals surface area contributed by atoms with Crippen LogP contribution >= 0.6 is 39.9 Å². The summed E-state index contributed by atoms with van der Waals surface area (Å²) in [7, 11) is 1.61. The standard InChI is InChI=1S/C19H19BrN2O3S2/c1-3-25-16-9-14(20)13(7-15(16)24-2)8-17-18(23)22(19(26)27-17)11-12-5-4-6-21-10-12/h4-7,9-10,17H,3,8,11H2,1-2H3/t17-/m0/s1. The molecule has 2 aromatic rings. The Labute approximate surface area is 176 Å². The maximum atomic E-state index is 12.9. The summed E-state index contributed by atoms with van der Waals surface area (Å²) in [4.78, 5) is 18.6. The molecular weight excluding hydrogens is 448 g/mol. The van der Waals surface area contributed by atoms with Gasteiger partial charge in [-0.1, -0.05) is 46.0 Å². The second kappa shape index (κ2) is 9.03. The van der Waals surface area contributed by atoms with E-state index in [1.54, 1.807) is 24.4 Å². The van der Waals surface area contributed by atoms with Crippen LogP contribution in [0.3, 0.4) is 0 Å². The molecule has 1 atom stereocenters. The number of carbonyl (C=O) groups excluding carboxylic acids is 1. The Morgan fingerprint density at radius 2 is 2.19 bits per heavy atom. The number of amides is 1. The molecule has 1 fully saturated rings. The lowest BCUT2D eigenvalue weighted by Crippen LogP contribution is -2.31. The fourth-order valence-corrected chi connectivity index (χ4v) is 4.81. The molecule has 1 aromatic heterocycles. The SMILES string of the molecule is CCOc1cc(Br)c(C[C@@H]2SC(=S)N(Cc3cccnc3)C2=O)cc1OC. The number of methoxy groups -OCH3 is 1. The maximum Gasteiger partial charge on any atom is 0.242 e. The van der Waals surface area contributed by atoms with Gasteiger partial charge in [-0.15, -0.1) is 0 Å². The van der Waals surface area contributed by atoms with E-state index in [0.717, 1.165) is 15.6 Å². The first-order valence-electron chi connectivity index (χ1n) is 8.43. The van der Waals surface area contributed by atoms with Crippen LogP contribution in [0.15, 0.2) is 41.1 Å². The predicted octanol–water partition coefficient (Wildman–Crippen LogP) is 4.22. The van der Waals surface area contributed by atoms with E-state index < -0.39 is 0 Å². The van der Waals surface area contributed by atoms with Crippen molar-refractivity contribution in [3.8, 4) is 11.5 Å². The van der Waals surface area contributed by atoms with Crippen molar-refractivity contribution in [1.29, 1.82) is 0 Å². The molecule has 1 aliphatic rings. The van der Waals surface area contributed by atoms with E-state index in [-0.39, 0.29) is 11.2 Å². The molecule has 1 aromatic carbocycles. The average Bonchev–Trinajstić information content (AvgIpc) is 2.92. The zero-order chi connectivity index (χ0) is 19.4. The van der Waals surface area contributed by atoms with E-state index in [4.69, 9.17) is 21.7 Å². The number of ether oxygens (including phenoxy) is 2. The minimum absolute atomic E-state index is 0.0219. The van der Waals surface area contributed by atoms with Gasteiger partial charge >= 0.3 is 0 Å². The van der Waals surface area contributed by atoms with Crippen molar-refractivity contribution in [3.63, 3.8) is 0 Å². The molecule has 1 amide bonds. The zero-order valence-corrected chi connectivity index (χ0v) is 18.2. The highest BCUT2D eigenvalue weighted by Gasteiger charge is 2.37. The van der Waals surface area contributed by atoms with Crippen molar-refractivity contribution < 1.29 is 14.3 Å². The third-order valence-electron chi connectivity index (χ3n) is 4.11. The minimum Gasteiger partial charge on any atom is -0.493 e. The Bertz CT molecular complexity index is 848. The van der Waals surface area contributed by atoms with Crippen LogP contribution in [0.25, 0.3) is 0 Å². The number of thioether (sulfide) groups is 1.